The van der Waals surface area contributed by atoms with E-state index in [9.17, 15) is 19.2 Å². The fraction of sp³-hybridized carbons (Fsp3) is 0.600. The summed E-state index contributed by atoms with van der Waals surface area (Å²) >= 11 is 0. The number of hydrogen-bond donors (Lipinski definition) is 0. The average Bonchev–Trinajstić information content (AvgIpc) is 3.87. The summed E-state index contributed by atoms with van der Waals surface area (Å²) < 4.78 is 22.5. The standard InChI is InChI=1S/C40H54O8/c1-11-13-29-27(9)31(29)15-17-45-37(41)33-25(7)21(3)19-23(5)35(33)47-39(43)40(44)48-36-24(6)20-22(4)26(8)34(36)38(42)46-18-16-32-28(10)30(32)14-12-2/h19-20,27-32H,11-18H2,1-10H3. The zero-order valence-corrected chi connectivity index (χ0v) is 30.5. The third-order valence-electron chi connectivity index (χ3n) is 11.1. The molecule has 8 heteroatoms. The van der Waals surface area contributed by atoms with E-state index >= 15 is 0 Å². The molecule has 6 unspecified atom stereocenters. The lowest BCUT2D eigenvalue weighted by atomic mass is 9.98. The maximum Gasteiger partial charge on any atom is 0.423 e. The minimum Gasteiger partial charge on any atom is -0.462 e. The third-order valence-corrected chi connectivity index (χ3v) is 11.1. The van der Waals surface area contributed by atoms with E-state index in [1.807, 2.05) is 13.8 Å². The van der Waals surface area contributed by atoms with Crippen molar-refractivity contribution >= 4 is 23.9 Å². The van der Waals surface area contributed by atoms with Crippen molar-refractivity contribution in [1.82, 2.24) is 0 Å². The Labute approximate surface area is 286 Å². The molecular weight excluding hydrogens is 608 g/mol. The molecule has 0 heterocycles. The topological polar surface area (TPSA) is 105 Å². The summed E-state index contributed by atoms with van der Waals surface area (Å²) in [5.74, 6) is -0.231. The van der Waals surface area contributed by atoms with Crippen LogP contribution in [0.3, 0.4) is 0 Å². The molecule has 0 spiro atoms. The highest BCUT2D eigenvalue weighted by Crippen LogP contribution is 2.51. The Morgan fingerprint density at radius 1 is 0.542 bits per heavy atom. The van der Waals surface area contributed by atoms with Crippen molar-refractivity contribution in [2.24, 2.45) is 35.5 Å². The number of carbonyl (C=O) groups excluding carboxylic acids is 4. The van der Waals surface area contributed by atoms with Gasteiger partial charge in [-0.3, -0.25) is 0 Å². The first-order valence-electron chi connectivity index (χ1n) is 17.7. The van der Waals surface area contributed by atoms with Gasteiger partial charge in [-0.05, 0) is 123 Å². The van der Waals surface area contributed by atoms with Crippen LogP contribution in [0.1, 0.15) is 120 Å². The molecule has 2 aromatic carbocycles. The summed E-state index contributed by atoms with van der Waals surface area (Å²) in [5.41, 5.74) is 4.08. The molecule has 2 aromatic rings. The Bertz CT molecular complexity index is 1440. The van der Waals surface area contributed by atoms with Crippen LogP contribution in [0.4, 0.5) is 0 Å². The summed E-state index contributed by atoms with van der Waals surface area (Å²) in [6.45, 7) is 20.0. The smallest absolute Gasteiger partial charge is 0.423 e. The van der Waals surface area contributed by atoms with E-state index < -0.39 is 23.9 Å². The molecule has 48 heavy (non-hydrogen) atoms. The van der Waals surface area contributed by atoms with Crippen molar-refractivity contribution in [3.05, 3.63) is 56.6 Å². The van der Waals surface area contributed by atoms with Crippen LogP contribution < -0.4 is 9.47 Å². The molecule has 0 saturated heterocycles. The molecule has 262 valence electrons. The summed E-state index contributed by atoms with van der Waals surface area (Å²) in [6.07, 6.45) is 6.19. The second kappa shape index (κ2) is 15.7. The van der Waals surface area contributed by atoms with Gasteiger partial charge >= 0.3 is 23.9 Å². The second-order valence-electron chi connectivity index (χ2n) is 14.3. The maximum absolute atomic E-state index is 13.4. The van der Waals surface area contributed by atoms with E-state index in [0.717, 1.165) is 36.8 Å². The molecule has 0 aliphatic heterocycles. The molecule has 0 radical (unpaired) electrons. The Morgan fingerprint density at radius 3 is 1.21 bits per heavy atom. The van der Waals surface area contributed by atoms with Crippen LogP contribution in [0.25, 0.3) is 0 Å². The number of carbonyl (C=O) groups is 4. The Balaban J connectivity index is 1.46. The Morgan fingerprint density at radius 2 is 0.875 bits per heavy atom. The summed E-state index contributed by atoms with van der Waals surface area (Å²) in [6, 6.07) is 3.57. The summed E-state index contributed by atoms with van der Waals surface area (Å²) in [7, 11) is 0. The zero-order valence-electron chi connectivity index (χ0n) is 30.5. The molecule has 0 amide bonds. The molecular formula is C40H54O8. The lowest BCUT2D eigenvalue weighted by molar-refractivity contribution is -0.156. The number of hydrogen-bond acceptors (Lipinski definition) is 8. The van der Waals surface area contributed by atoms with Gasteiger partial charge in [-0.25, -0.2) is 19.2 Å². The highest BCUT2D eigenvalue weighted by Gasteiger charge is 2.45. The fourth-order valence-corrected chi connectivity index (χ4v) is 7.72. The number of benzene rings is 2. The molecule has 6 atom stereocenters. The van der Waals surface area contributed by atoms with Crippen LogP contribution in [0.15, 0.2) is 12.1 Å². The van der Waals surface area contributed by atoms with E-state index in [1.165, 1.54) is 12.8 Å². The van der Waals surface area contributed by atoms with Crippen LogP contribution in [-0.4, -0.2) is 37.1 Å². The van der Waals surface area contributed by atoms with Crippen LogP contribution in [0.5, 0.6) is 11.5 Å². The van der Waals surface area contributed by atoms with Crippen molar-refractivity contribution in [2.75, 3.05) is 13.2 Å². The van der Waals surface area contributed by atoms with Gasteiger partial charge < -0.3 is 18.9 Å². The number of aryl methyl sites for hydroxylation is 4. The molecule has 2 fully saturated rings. The fourth-order valence-electron chi connectivity index (χ4n) is 7.72. The van der Waals surface area contributed by atoms with Gasteiger partial charge in [-0.2, -0.15) is 0 Å². The lowest BCUT2D eigenvalue weighted by Gasteiger charge is -2.18. The quantitative estimate of drug-likeness (QED) is 0.113. The number of rotatable bonds is 14. The van der Waals surface area contributed by atoms with Crippen molar-refractivity contribution < 1.29 is 38.1 Å². The highest BCUT2D eigenvalue weighted by molar-refractivity contribution is 6.31. The van der Waals surface area contributed by atoms with Gasteiger partial charge in [0.15, 0.2) is 0 Å². The van der Waals surface area contributed by atoms with Gasteiger partial charge in [0.1, 0.15) is 22.6 Å². The SMILES string of the molecule is CCCC1C(C)C1CCOC(=O)c1c(C)c(C)cc(C)c1OC(=O)C(=O)Oc1c(C)cc(C)c(C)c1C(=O)OCCC1C(C)C1CCC. The van der Waals surface area contributed by atoms with Gasteiger partial charge in [0.05, 0.1) is 13.2 Å². The van der Waals surface area contributed by atoms with E-state index in [2.05, 4.69) is 27.7 Å². The van der Waals surface area contributed by atoms with E-state index in [4.69, 9.17) is 18.9 Å². The van der Waals surface area contributed by atoms with Crippen molar-refractivity contribution in [3.63, 3.8) is 0 Å². The second-order valence-corrected chi connectivity index (χ2v) is 14.3. The molecule has 2 aliphatic rings. The Hall–Kier alpha value is -3.68. The molecule has 2 saturated carbocycles. The lowest BCUT2D eigenvalue weighted by Crippen LogP contribution is -2.28. The average molecular weight is 663 g/mol. The first-order valence-corrected chi connectivity index (χ1v) is 17.7. The van der Waals surface area contributed by atoms with E-state index in [0.29, 0.717) is 57.8 Å². The monoisotopic (exact) mass is 662 g/mol. The minimum absolute atomic E-state index is 0.0409. The van der Waals surface area contributed by atoms with Gasteiger partial charge in [-0.15, -0.1) is 0 Å². The molecule has 8 nitrogen and oxygen atoms in total. The van der Waals surface area contributed by atoms with E-state index in [-0.39, 0.29) is 35.8 Å². The molecule has 4 rings (SSSR count). The first kappa shape index (κ1) is 37.1. The predicted molar refractivity (Wildman–Crippen MR) is 184 cm³/mol. The van der Waals surface area contributed by atoms with Gasteiger partial charge in [0.25, 0.3) is 0 Å². The highest BCUT2D eigenvalue weighted by atomic mass is 16.6. The van der Waals surface area contributed by atoms with Crippen molar-refractivity contribution in [3.8, 4) is 11.5 Å². The predicted octanol–water partition coefficient (Wildman–Crippen LogP) is 8.51. The van der Waals surface area contributed by atoms with Crippen LogP contribution >= 0.6 is 0 Å². The zero-order chi connectivity index (χ0) is 35.4. The summed E-state index contributed by atoms with van der Waals surface area (Å²) in [4.78, 5) is 53.2. The van der Waals surface area contributed by atoms with Crippen LogP contribution in [0.2, 0.25) is 0 Å². The van der Waals surface area contributed by atoms with Gasteiger partial charge in [-0.1, -0.05) is 65.5 Å². The van der Waals surface area contributed by atoms with E-state index in [1.54, 1.807) is 39.8 Å². The normalized spacial score (nSPS) is 22.5. The molecule has 0 bridgehead atoms. The number of ether oxygens (including phenoxy) is 4. The largest absolute Gasteiger partial charge is 0.462 e. The van der Waals surface area contributed by atoms with Crippen molar-refractivity contribution in [2.45, 2.75) is 108 Å². The molecule has 0 aromatic heterocycles. The number of esters is 4. The Kier molecular flexibility index (Phi) is 12.1. The minimum atomic E-state index is -1.31. The van der Waals surface area contributed by atoms with Gasteiger partial charge in [0, 0.05) is 0 Å². The first-order chi connectivity index (χ1) is 22.7. The summed E-state index contributed by atoms with van der Waals surface area (Å²) in [5, 5.41) is 0. The third kappa shape index (κ3) is 8.12. The van der Waals surface area contributed by atoms with Crippen LogP contribution in [0, 0.1) is 77.0 Å². The van der Waals surface area contributed by atoms with Crippen LogP contribution in [-0.2, 0) is 19.1 Å². The molecule has 0 N–H and O–H groups in total. The molecule has 2 aliphatic carbocycles. The van der Waals surface area contributed by atoms with Gasteiger partial charge in [0.2, 0.25) is 0 Å². The van der Waals surface area contributed by atoms with Crippen molar-refractivity contribution in [1.29, 1.82) is 0 Å². The maximum atomic E-state index is 13.4.